The van der Waals surface area contributed by atoms with E-state index in [0.717, 1.165) is 121 Å². The van der Waals surface area contributed by atoms with Crippen molar-refractivity contribution in [1.82, 2.24) is 5.32 Å². The van der Waals surface area contributed by atoms with E-state index in [0.29, 0.717) is 77.0 Å². The van der Waals surface area contributed by atoms with Crippen molar-refractivity contribution in [2.45, 2.75) is 156 Å². The van der Waals surface area contributed by atoms with Crippen molar-refractivity contribution in [2.75, 3.05) is 25.4 Å². The SMILES string of the molecule is C.C=C(O)c1ccc(CN)cc1.CC(=O)C1CCC(CN)CC1.CC(=O)C1CCC(N)CC1.CC(=O)CC1CCC(N)CC1.CC(=O)CC1CCNCC1.Nc1ccc(C(=O)O)cc1. The lowest BCUT2D eigenvalue weighted by Gasteiger charge is -2.25. The van der Waals surface area contributed by atoms with Crippen LogP contribution in [0.3, 0.4) is 0 Å². The van der Waals surface area contributed by atoms with E-state index in [1.807, 2.05) is 12.1 Å². The van der Waals surface area contributed by atoms with Crippen molar-refractivity contribution in [1.29, 1.82) is 0 Å². The van der Waals surface area contributed by atoms with Gasteiger partial charge in [-0.05, 0) is 185 Å². The molecule has 13 N–H and O–H groups in total. The van der Waals surface area contributed by atoms with Gasteiger partial charge in [0.05, 0.1) is 5.56 Å². The smallest absolute Gasteiger partial charge is 0.335 e. The number of hydrogen-bond acceptors (Lipinski definition) is 12. The first kappa shape index (κ1) is 59.7. The van der Waals surface area contributed by atoms with Gasteiger partial charge in [0.2, 0.25) is 0 Å². The fourth-order valence-electron chi connectivity index (χ4n) is 8.08. The molecular formula is C51H86N6O7. The molecule has 0 bridgehead atoms. The molecule has 1 heterocycles. The number of anilines is 1. The molecule has 362 valence electrons. The molecule has 13 nitrogen and oxygen atoms in total. The van der Waals surface area contributed by atoms with Gasteiger partial charge in [0.15, 0.2) is 0 Å². The Morgan fingerprint density at radius 3 is 1.31 bits per heavy atom. The van der Waals surface area contributed by atoms with Gasteiger partial charge < -0.3 is 53.8 Å². The van der Waals surface area contributed by atoms with Gasteiger partial charge in [-0.3, -0.25) is 9.59 Å². The molecule has 0 radical (unpaired) electrons. The molecule has 0 unspecified atom stereocenters. The number of carbonyl (C=O) groups excluding carboxylic acids is 4. The van der Waals surface area contributed by atoms with Gasteiger partial charge in [0.25, 0.3) is 0 Å². The van der Waals surface area contributed by atoms with Gasteiger partial charge >= 0.3 is 5.97 Å². The van der Waals surface area contributed by atoms with Crippen LogP contribution in [0.4, 0.5) is 5.69 Å². The van der Waals surface area contributed by atoms with E-state index in [2.05, 4.69) is 11.9 Å². The van der Waals surface area contributed by atoms with Crippen LogP contribution < -0.4 is 34.0 Å². The summed E-state index contributed by atoms with van der Waals surface area (Å²) in [6.07, 6.45) is 17.0. The number of carbonyl (C=O) groups is 5. The summed E-state index contributed by atoms with van der Waals surface area (Å²) < 4.78 is 0. The molecule has 64 heavy (non-hydrogen) atoms. The third-order valence-corrected chi connectivity index (χ3v) is 12.3. The summed E-state index contributed by atoms with van der Waals surface area (Å²) in [6, 6.07) is 14.2. The summed E-state index contributed by atoms with van der Waals surface area (Å²) in [4.78, 5) is 53.6. The normalized spacial score (nSPS) is 22.6. The Labute approximate surface area is 385 Å². The summed E-state index contributed by atoms with van der Waals surface area (Å²) in [6.45, 7) is 13.7. The molecule has 3 saturated carbocycles. The lowest BCUT2D eigenvalue weighted by atomic mass is 9.80. The largest absolute Gasteiger partial charge is 0.508 e. The molecule has 0 spiro atoms. The molecule has 13 heteroatoms. The van der Waals surface area contributed by atoms with E-state index in [4.69, 9.17) is 38.9 Å². The summed E-state index contributed by atoms with van der Waals surface area (Å²) >= 11 is 0. The number of carboxylic acid groups (broad SMARTS) is 1. The Hall–Kier alpha value is -4.27. The molecule has 2 aromatic rings. The number of benzene rings is 2. The maximum atomic E-state index is 11.0. The first-order chi connectivity index (χ1) is 29.8. The van der Waals surface area contributed by atoms with Crippen molar-refractivity contribution in [3.63, 3.8) is 0 Å². The standard InChI is InChI=1S/C9H17NO.C9H11NO.C9H17NO.2C8H15NO.C7H7NO2.CH4/c2*1-7(11)9-4-2-8(6-10)3-5-9;1-7(11)6-8-2-4-9(10)5-3-8;1-7(10)6-8-2-4-9-5-3-8;1-6(10)7-2-4-8(9)5-3-7;8-6-3-1-5(2-4-6)7(9)10;/h8-9H,2-6,10H2,1H3;2-5,11H,1,6,10H2;8-9H,2-6,10H2,1H3;8-9H,2-6H2,1H3;7-8H,2-5,9H2,1H3;1-4H,8H2,(H,9,10);1H4. The zero-order valence-electron chi connectivity index (χ0n) is 38.8. The minimum atomic E-state index is -0.931. The predicted molar refractivity (Wildman–Crippen MR) is 262 cm³/mol. The Morgan fingerprint density at radius 2 is 0.953 bits per heavy atom. The molecule has 4 aliphatic rings. The first-order valence-electron chi connectivity index (χ1n) is 23.0. The van der Waals surface area contributed by atoms with Crippen LogP contribution in [0.25, 0.3) is 5.76 Å². The monoisotopic (exact) mass is 895 g/mol. The molecule has 1 aliphatic heterocycles. The van der Waals surface area contributed by atoms with Gasteiger partial charge in [-0.15, -0.1) is 0 Å². The van der Waals surface area contributed by atoms with Gasteiger partial charge in [0.1, 0.15) is 28.9 Å². The predicted octanol–water partition coefficient (Wildman–Crippen LogP) is 8.16. The van der Waals surface area contributed by atoms with Gasteiger partial charge in [0, 0.05) is 54.6 Å². The number of nitrogens with one attached hydrogen (secondary N) is 1. The number of ketones is 4. The fraction of sp³-hybridized carbons (Fsp3) is 0.627. The second kappa shape index (κ2) is 34.1. The second-order valence-electron chi connectivity index (χ2n) is 17.8. The number of hydrogen-bond donors (Lipinski definition) is 8. The fourth-order valence-corrected chi connectivity index (χ4v) is 8.08. The number of rotatable bonds is 10. The molecule has 1 saturated heterocycles. The van der Waals surface area contributed by atoms with Crippen LogP contribution in [-0.2, 0) is 25.7 Å². The van der Waals surface area contributed by atoms with Crippen LogP contribution >= 0.6 is 0 Å². The van der Waals surface area contributed by atoms with E-state index < -0.39 is 5.97 Å². The maximum Gasteiger partial charge on any atom is 0.335 e. The summed E-state index contributed by atoms with van der Waals surface area (Å²) in [5, 5.41) is 20.7. The van der Waals surface area contributed by atoms with Gasteiger partial charge in [-0.2, -0.15) is 0 Å². The lowest BCUT2D eigenvalue weighted by Crippen LogP contribution is -2.28. The zero-order valence-corrected chi connectivity index (χ0v) is 38.8. The number of aromatic carboxylic acids is 1. The molecule has 0 amide bonds. The van der Waals surface area contributed by atoms with Crippen molar-refractivity contribution < 1.29 is 34.2 Å². The van der Waals surface area contributed by atoms with Crippen LogP contribution in [-0.4, -0.2) is 71.0 Å². The number of Topliss-reactive ketones (excluding diaryl/α,β-unsaturated/α-hetero) is 4. The average Bonchev–Trinajstić information content (AvgIpc) is 3.26. The Balaban J connectivity index is 0.000000742. The van der Waals surface area contributed by atoms with Crippen molar-refractivity contribution in [3.05, 3.63) is 71.8 Å². The van der Waals surface area contributed by atoms with E-state index >= 15 is 0 Å². The number of aliphatic hydroxyl groups excluding tert-OH is 1. The molecule has 0 atom stereocenters. The highest BCUT2D eigenvalue weighted by Gasteiger charge is 2.23. The van der Waals surface area contributed by atoms with Crippen molar-refractivity contribution in [3.8, 4) is 0 Å². The molecule has 2 aromatic carbocycles. The van der Waals surface area contributed by atoms with Crippen molar-refractivity contribution >= 4 is 40.5 Å². The molecule has 3 aliphatic carbocycles. The van der Waals surface area contributed by atoms with Gasteiger partial charge in [-0.1, -0.05) is 38.3 Å². The minimum Gasteiger partial charge on any atom is -0.508 e. The zero-order chi connectivity index (χ0) is 47.3. The molecule has 4 fully saturated rings. The maximum absolute atomic E-state index is 11.0. The Bertz CT molecular complexity index is 1620. The van der Waals surface area contributed by atoms with Crippen molar-refractivity contribution in [2.24, 2.45) is 52.5 Å². The number of nitrogen functional groups attached to an aromatic ring is 1. The number of carboxylic acids is 1. The van der Waals surface area contributed by atoms with Crippen LogP contribution in [0, 0.1) is 29.6 Å². The van der Waals surface area contributed by atoms with Crippen LogP contribution in [0.5, 0.6) is 0 Å². The summed E-state index contributed by atoms with van der Waals surface area (Å²) in [5.74, 6) is 3.17. The van der Waals surface area contributed by atoms with E-state index in [-0.39, 0.29) is 18.7 Å². The topological polar surface area (TPSA) is 268 Å². The highest BCUT2D eigenvalue weighted by atomic mass is 16.4. The summed E-state index contributed by atoms with van der Waals surface area (Å²) in [5.41, 5.74) is 30.3. The number of piperidine rings is 1. The minimum absolute atomic E-state index is 0. The molecule has 6 rings (SSSR count). The van der Waals surface area contributed by atoms with E-state index in [1.54, 1.807) is 52.0 Å². The van der Waals surface area contributed by atoms with Crippen LogP contribution in [0.2, 0.25) is 0 Å². The molecule has 0 aromatic heterocycles. The summed E-state index contributed by atoms with van der Waals surface area (Å²) in [7, 11) is 0. The van der Waals surface area contributed by atoms with Crippen LogP contribution in [0.1, 0.15) is 159 Å². The quantitative estimate of drug-likeness (QED) is 0.0827. The third kappa shape index (κ3) is 27.8. The average molecular weight is 895 g/mol. The first-order valence-corrected chi connectivity index (χ1v) is 23.0. The highest BCUT2D eigenvalue weighted by Crippen LogP contribution is 2.29. The molecular weight excluding hydrogens is 809 g/mol. The number of nitrogens with two attached hydrogens (primary N) is 5. The van der Waals surface area contributed by atoms with Crippen LogP contribution in [0.15, 0.2) is 55.1 Å². The van der Waals surface area contributed by atoms with E-state index in [9.17, 15) is 24.0 Å². The lowest BCUT2D eigenvalue weighted by molar-refractivity contribution is -0.122. The number of aliphatic hydroxyl groups is 1. The van der Waals surface area contributed by atoms with Gasteiger partial charge in [-0.25, -0.2) is 4.79 Å². The second-order valence-corrected chi connectivity index (χ2v) is 17.8. The Morgan fingerprint density at radius 1 is 0.578 bits per heavy atom. The highest BCUT2D eigenvalue weighted by molar-refractivity contribution is 5.87. The third-order valence-electron chi connectivity index (χ3n) is 12.3. The Kier molecular flexibility index (Phi) is 31.9. The van der Waals surface area contributed by atoms with E-state index in [1.165, 1.54) is 25.0 Å².